The van der Waals surface area contributed by atoms with Crippen LogP contribution in [0.25, 0.3) is 5.70 Å². The summed E-state index contributed by atoms with van der Waals surface area (Å²) in [5.74, 6) is -0.124. The molecule has 0 spiro atoms. The topological polar surface area (TPSA) is 63.2 Å². The van der Waals surface area contributed by atoms with E-state index in [1.807, 2.05) is 43.3 Å². The van der Waals surface area contributed by atoms with Crippen LogP contribution >= 0.6 is 0 Å². The van der Waals surface area contributed by atoms with E-state index in [1.165, 1.54) is 13.2 Å². The van der Waals surface area contributed by atoms with Gasteiger partial charge in [-0.05, 0) is 43.3 Å². The number of para-hydroxylation sites is 1. The molecule has 1 heterocycles. The Hall–Kier alpha value is -2.70. The van der Waals surface area contributed by atoms with Crippen molar-refractivity contribution >= 4 is 27.1 Å². The van der Waals surface area contributed by atoms with E-state index >= 15 is 0 Å². The lowest BCUT2D eigenvalue weighted by Gasteiger charge is -2.36. The molecule has 1 atom stereocenters. The number of quaternary nitrogens is 1. The Morgan fingerprint density at radius 2 is 1.64 bits per heavy atom. The first-order chi connectivity index (χ1) is 13.2. The van der Waals surface area contributed by atoms with E-state index in [0.717, 1.165) is 34.9 Å². The van der Waals surface area contributed by atoms with Gasteiger partial charge in [-0.25, -0.2) is 12.9 Å². The minimum Gasteiger partial charge on any atom is -0.321 e. The number of sulfone groups is 1. The molecule has 28 heavy (non-hydrogen) atoms. The van der Waals surface area contributed by atoms with Gasteiger partial charge in [0, 0.05) is 31.7 Å². The maximum atomic E-state index is 11.8. The van der Waals surface area contributed by atoms with Crippen molar-refractivity contribution in [2.75, 3.05) is 12.8 Å². The summed E-state index contributed by atoms with van der Waals surface area (Å²) in [5.41, 5.74) is 4.79. The zero-order chi connectivity index (χ0) is 20.5. The van der Waals surface area contributed by atoms with Crippen LogP contribution in [0, 0.1) is 0 Å². The van der Waals surface area contributed by atoms with Crippen LogP contribution in [0.2, 0.25) is 0 Å². The number of nitrogens with zero attached hydrogens (tertiary/aromatic N) is 1. The van der Waals surface area contributed by atoms with Crippen LogP contribution in [0.1, 0.15) is 26.3 Å². The summed E-state index contributed by atoms with van der Waals surface area (Å²) in [4.78, 5) is 12.0. The molecule has 2 aromatic rings. The smallest absolute Gasteiger partial charge is 0.221 e. The predicted octanol–water partition coefficient (Wildman–Crippen LogP) is 3.84. The molecule has 6 heteroatoms. The van der Waals surface area contributed by atoms with E-state index in [1.54, 1.807) is 12.1 Å². The van der Waals surface area contributed by atoms with E-state index < -0.39 is 9.84 Å². The molecule has 1 amide bonds. The summed E-state index contributed by atoms with van der Waals surface area (Å²) < 4.78 is 24.1. The zero-order valence-corrected chi connectivity index (χ0v) is 17.4. The molecule has 1 aliphatic heterocycles. The average molecular weight is 398 g/mol. The highest BCUT2D eigenvalue weighted by atomic mass is 32.2. The van der Waals surface area contributed by atoms with Gasteiger partial charge in [0.05, 0.1) is 11.4 Å². The van der Waals surface area contributed by atoms with E-state index in [0.29, 0.717) is 4.48 Å². The SMILES string of the molecule is CC[N+]1(c2ccccc2)C(c2ccc(S(C)(=O)=O)cc2)=CC(NC(C)=O)=C1C. The average Bonchev–Trinajstić information content (AvgIpc) is 2.94. The summed E-state index contributed by atoms with van der Waals surface area (Å²) in [5, 5.41) is 2.94. The van der Waals surface area contributed by atoms with Crippen LogP contribution in [0.3, 0.4) is 0 Å². The highest BCUT2D eigenvalue weighted by Crippen LogP contribution is 2.44. The number of allylic oxidation sites excluding steroid dienone is 2. The molecule has 0 radical (unpaired) electrons. The lowest BCUT2D eigenvalue weighted by Crippen LogP contribution is -2.44. The lowest BCUT2D eigenvalue weighted by molar-refractivity contribution is -0.118. The Balaban J connectivity index is 2.21. The maximum absolute atomic E-state index is 11.8. The van der Waals surface area contributed by atoms with Crippen molar-refractivity contribution < 1.29 is 13.2 Å². The second-order valence-corrected chi connectivity index (χ2v) is 8.98. The summed E-state index contributed by atoms with van der Waals surface area (Å²) in [6.45, 7) is 6.37. The number of carbonyl (C=O) groups is 1. The van der Waals surface area contributed by atoms with Crippen molar-refractivity contribution in [2.45, 2.75) is 25.7 Å². The van der Waals surface area contributed by atoms with E-state index in [9.17, 15) is 13.2 Å². The van der Waals surface area contributed by atoms with Crippen LogP contribution in [-0.4, -0.2) is 27.1 Å². The fourth-order valence-electron chi connectivity index (χ4n) is 3.84. The van der Waals surface area contributed by atoms with Crippen molar-refractivity contribution in [3.8, 4) is 0 Å². The van der Waals surface area contributed by atoms with Crippen molar-refractivity contribution in [1.82, 2.24) is 9.80 Å². The monoisotopic (exact) mass is 397 g/mol. The van der Waals surface area contributed by atoms with E-state index in [4.69, 9.17) is 0 Å². The van der Waals surface area contributed by atoms with Gasteiger partial charge in [-0.15, -0.1) is 0 Å². The van der Waals surface area contributed by atoms with E-state index in [2.05, 4.69) is 24.4 Å². The molecule has 0 aromatic heterocycles. The number of benzene rings is 2. The third-order valence-electron chi connectivity index (χ3n) is 5.21. The quantitative estimate of drug-likeness (QED) is 0.780. The first-order valence-corrected chi connectivity index (χ1v) is 11.0. The van der Waals surface area contributed by atoms with Gasteiger partial charge in [-0.1, -0.05) is 18.2 Å². The Kier molecular flexibility index (Phi) is 5.28. The van der Waals surface area contributed by atoms with Gasteiger partial charge in [0.25, 0.3) is 0 Å². The molecule has 146 valence electrons. The van der Waals surface area contributed by atoms with Crippen molar-refractivity contribution in [1.29, 1.82) is 0 Å². The first-order valence-electron chi connectivity index (χ1n) is 9.15. The normalized spacial score (nSPS) is 19.5. The molecule has 1 N–H and O–H groups in total. The maximum Gasteiger partial charge on any atom is 0.221 e. The standard InChI is InChI=1S/C22H24N2O3S/c1-5-24(19-9-7-6-8-10-19)16(2)21(23-17(3)25)15-22(24)18-11-13-20(14-12-18)28(4,26)27/h6-15H,5H2,1-4H3/p+1. The molecule has 0 bridgehead atoms. The highest BCUT2D eigenvalue weighted by Gasteiger charge is 2.43. The van der Waals surface area contributed by atoms with Crippen LogP contribution in [0.4, 0.5) is 5.69 Å². The van der Waals surface area contributed by atoms with Gasteiger partial charge in [0.15, 0.2) is 15.5 Å². The number of amides is 1. The number of hydrogen-bond acceptors (Lipinski definition) is 3. The van der Waals surface area contributed by atoms with Gasteiger partial charge in [-0.2, -0.15) is 0 Å². The number of carbonyl (C=O) groups excluding carboxylic acids is 1. The van der Waals surface area contributed by atoms with Gasteiger partial charge < -0.3 is 5.32 Å². The second-order valence-electron chi connectivity index (χ2n) is 6.97. The summed E-state index contributed by atoms with van der Waals surface area (Å²) in [7, 11) is -3.26. The van der Waals surface area contributed by atoms with Crippen molar-refractivity contribution in [2.24, 2.45) is 0 Å². The molecule has 0 saturated carbocycles. The number of rotatable bonds is 5. The number of nitrogens with one attached hydrogen (secondary N) is 1. The van der Waals surface area contributed by atoms with Crippen LogP contribution < -0.4 is 9.80 Å². The largest absolute Gasteiger partial charge is 0.321 e. The molecule has 1 unspecified atom stereocenters. The van der Waals surface area contributed by atoms with Gasteiger partial charge in [-0.3, -0.25) is 4.79 Å². The molecular formula is C22H25N2O3S+. The summed E-state index contributed by atoms with van der Waals surface area (Å²) >= 11 is 0. The van der Waals surface area contributed by atoms with Gasteiger partial charge in [0.1, 0.15) is 17.1 Å². The fraction of sp³-hybridized carbons (Fsp3) is 0.227. The van der Waals surface area contributed by atoms with Gasteiger partial charge in [0.2, 0.25) is 5.91 Å². The summed E-state index contributed by atoms with van der Waals surface area (Å²) in [6.07, 6.45) is 3.19. The van der Waals surface area contributed by atoms with Crippen molar-refractivity contribution in [3.63, 3.8) is 0 Å². The molecule has 5 nitrogen and oxygen atoms in total. The molecule has 0 fully saturated rings. The second kappa shape index (κ2) is 7.37. The molecule has 3 rings (SSSR count). The Labute approximate surface area is 166 Å². The highest BCUT2D eigenvalue weighted by molar-refractivity contribution is 7.90. The van der Waals surface area contributed by atoms with E-state index in [-0.39, 0.29) is 10.8 Å². The lowest BCUT2D eigenvalue weighted by atomic mass is 10.1. The molecule has 2 aromatic carbocycles. The minimum absolute atomic E-state index is 0.124. The van der Waals surface area contributed by atoms with Gasteiger partial charge >= 0.3 is 0 Å². The van der Waals surface area contributed by atoms with Crippen molar-refractivity contribution in [3.05, 3.63) is 77.6 Å². The molecular weight excluding hydrogens is 372 g/mol. The van der Waals surface area contributed by atoms with Crippen LogP contribution in [0.5, 0.6) is 0 Å². The fourth-order valence-corrected chi connectivity index (χ4v) is 4.47. The molecule has 0 saturated heterocycles. The predicted molar refractivity (Wildman–Crippen MR) is 113 cm³/mol. The van der Waals surface area contributed by atoms with Crippen LogP contribution in [0.15, 0.2) is 77.0 Å². The van der Waals surface area contributed by atoms with Crippen LogP contribution in [-0.2, 0) is 14.6 Å². The first kappa shape index (κ1) is 20.0. The number of hydrogen-bond donors (Lipinski definition) is 1. The Morgan fingerprint density at radius 1 is 1.04 bits per heavy atom. The Bertz CT molecular complexity index is 1070. The minimum atomic E-state index is -3.26. The molecule has 1 aliphatic rings. The zero-order valence-electron chi connectivity index (χ0n) is 16.6. The molecule has 0 aliphatic carbocycles. The summed E-state index contributed by atoms with van der Waals surface area (Å²) in [6, 6.07) is 17.0. The third-order valence-corrected chi connectivity index (χ3v) is 6.34. The third kappa shape index (κ3) is 3.41. The Morgan fingerprint density at radius 3 is 2.14 bits per heavy atom.